The summed E-state index contributed by atoms with van der Waals surface area (Å²) in [6.45, 7) is 1.54. The third kappa shape index (κ3) is 40.8. The van der Waals surface area contributed by atoms with Crippen LogP contribution in [-0.4, -0.2) is 76.1 Å². The molecular formula is C42H76O14P2. The summed E-state index contributed by atoms with van der Waals surface area (Å²) in [6.07, 6.45) is 32.6. The van der Waals surface area contributed by atoms with Crippen LogP contribution in [0.25, 0.3) is 0 Å². The van der Waals surface area contributed by atoms with Gasteiger partial charge in [-0.05, 0) is 63.9 Å². The molecule has 0 saturated carbocycles. The third-order valence-corrected chi connectivity index (χ3v) is 10.4. The third-order valence-electron chi connectivity index (χ3n) is 8.97. The zero-order valence-electron chi connectivity index (χ0n) is 35.4. The number of unbranched alkanes of at least 4 members (excludes halogenated alkanes) is 18. The molecule has 0 aliphatic heterocycles. The van der Waals surface area contributed by atoms with Gasteiger partial charge in [-0.1, -0.05) is 128 Å². The van der Waals surface area contributed by atoms with Crippen molar-refractivity contribution in [2.45, 2.75) is 187 Å². The average Bonchev–Trinajstić information content (AvgIpc) is 3.17. The summed E-state index contributed by atoms with van der Waals surface area (Å²) in [5.74, 6) is -0.951. The van der Waals surface area contributed by atoms with Crippen LogP contribution in [0.2, 0.25) is 0 Å². The van der Waals surface area contributed by atoms with Gasteiger partial charge in [0.1, 0.15) is 12.7 Å². The molecule has 0 aliphatic rings. The normalized spacial score (nSPS) is 14.3. The lowest BCUT2D eigenvalue weighted by Gasteiger charge is -2.20. The number of ketones is 1. The Kier molecular flexibility index (Phi) is 36.7. The number of esters is 2. The number of ether oxygens (including phenoxy) is 2. The minimum atomic E-state index is -4.87. The highest BCUT2D eigenvalue weighted by Gasteiger charge is 2.28. The predicted molar refractivity (Wildman–Crippen MR) is 226 cm³/mol. The van der Waals surface area contributed by atoms with E-state index in [0.717, 1.165) is 89.9 Å². The Hall–Kier alpha value is -1.99. The van der Waals surface area contributed by atoms with Crippen LogP contribution < -0.4 is 0 Å². The van der Waals surface area contributed by atoms with E-state index in [1.165, 1.54) is 38.5 Å². The maximum Gasteiger partial charge on any atom is 0.472 e. The topological polar surface area (TPSA) is 212 Å². The van der Waals surface area contributed by atoms with Crippen LogP contribution in [0.3, 0.4) is 0 Å². The Morgan fingerprint density at radius 2 is 1.00 bits per heavy atom. The zero-order valence-corrected chi connectivity index (χ0v) is 37.2. The van der Waals surface area contributed by atoms with Gasteiger partial charge in [-0.2, -0.15) is 0 Å². The molecule has 3 atom stereocenters. The molecule has 16 heteroatoms. The molecule has 0 spiro atoms. The summed E-state index contributed by atoms with van der Waals surface area (Å²) in [5.41, 5.74) is 0. The van der Waals surface area contributed by atoms with E-state index in [1.807, 2.05) is 12.2 Å². The fourth-order valence-corrected chi connectivity index (χ4v) is 6.77. The number of carbonyl (C=O) groups is 3. The standard InChI is InChI=1S/C42H76O14P2/c1-3-5-7-8-9-10-11-12-13-14-15-18-22-25-29-33-42(46)56-40(37-55-58(50,51)54-35-39(44)34-53-57(47,48)49)36-52-41(45)32-28-24-21-19-16-17-20-23-27-31-38(43)30-26-6-4-2/h12-13,20,23,27,31,39-40,44H,3-11,14-19,21-22,24-26,28-30,32-37H2,1-2H3,(H,50,51)(H2,47,48,49)/b13-12-,23-20-,31-27+/t39-,40+/m0/s1. The van der Waals surface area contributed by atoms with Crippen LogP contribution in [0.15, 0.2) is 36.5 Å². The van der Waals surface area contributed by atoms with Crippen LogP contribution in [0.1, 0.15) is 174 Å². The number of aliphatic hydroxyl groups excluding tert-OH is 1. The van der Waals surface area contributed by atoms with Crippen molar-refractivity contribution < 1.29 is 66.3 Å². The van der Waals surface area contributed by atoms with Gasteiger partial charge < -0.3 is 29.3 Å². The number of allylic oxidation sites excluding steroid dienone is 6. The van der Waals surface area contributed by atoms with Crippen LogP contribution in [-0.2, 0) is 46.6 Å². The molecule has 0 aromatic heterocycles. The summed E-state index contributed by atoms with van der Waals surface area (Å²) < 4.78 is 47.7. The highest BCUT2D eigenvalue weighted by molar-refractivity contribution is 7.47. The molecule has 0 amide bonds. The summed E-state index contributed by atoms with van der Waals surface area (Å²) in [4.78, 5) is 64.4. The van der Waals surface area contributed by atoms with Gasteiger partial charge in [0.05, 0.1) is 19.8 Å². The summed E-state index contributed by atoms with van der Waals surface area (Å²) in [7, 11) is -9.70. The number of aliphatic hydroxyl groups is 1. The largest absolute Gasteiger partial charge is 0.472 e. The molecule has 338 valence electrons. The molecule has 0 heterocycles. The number of hydrogen-bond acceptors (Lipinski definition) is 11. The quantitative estimate of drug-likeness (QED) is 0.0112. The average molecular weight is 867 g/mol. The predicted octanol–water partition coefficient (Wildman–Crippen LogP) is 10.1. The SMILES string of the molecule is CCCCCCCC/C=C\CCCCCCCC(=O)O[C@H](COC(=O)CCCCCCC/C=C\C=C\C(=O)CCCCC)COP(=O)(O)OC[C@@H](O)COP(=O)(O)O. The second-order valence-electron chi connectivity index (χ2n) is 14.6. The highest BCUT2D eigenvalue weighted by atomic mass is 31.2. The fraction of sp³-hybridized carbons (Fsp3) is 0.786. The molecule has 1 unspecified atom stereocenters. The number of carbonyl (C=O) groups excluding carboxylic acids is 3. The fourth-order valence-electron chi connectivity index (χ4n) is 5.62. The lowest BCUT2D eigenvalue weighted by Crippen LogP contribution is -2.30. The van der Waals surface area contributed by atoms with Crippen molar-refractivity contribution in [2.75, 3.05) is 26.4 Å². The highest BCUT2D eigenvalue weighted by Crippen LogP contribution is 2.43. The van der Waals surface area contributed by atoms with Crippen molar-refractivity contribution in [3.05, 3.63) is 36.5 Å². The number of hydrogen-bond donors (Lipinski definition) is 4. The molecule has 0 bridgehead atoms. The smallest absolute Gasteiger partial charge is 0.462 e. The monoisotopic (exact) mass is 866 g/mol. The van der Waals surface area contributed by atoms with Gasteiger partial charge in [0, 0.05) is 19.3 Å². The van der Waals surface area contributed by atoms with Crippen LogP contribution in [0, 0.1) is 0 Å². The van der Waals surface area contributed by atoms with E-state index >= 15 is 0 Å². The molecule has 0 fully saturated rings. The van der Waals surface area contributed by atoms with Crippen molar-refractivity contribution >= 4 is 33.4 Å². The van der Waals surface area contributed by atoms with Crippen LogP contribution in [0.5, 0.6) is 0 Å². The first-order valence-electron chi connectivity index (χ1n) is 21.6. The van der Waals surface area contributed by atoms with Crippen molar-refractivity contribution in [3.8, 4) is 0 Å². The molecule has 14 nitrogen and oxygen atoms in total. The van der Waals surface area contributed by atoms with E-state index < -0.39 is 66.2 Å². The van der Waals surface area contributed by atoms with E-state index in [2.05, 4.69) is 35.0 Å². The minimum absolute atomic E-state index is 0.104. The lowest BCUT2D eigenvalue weighted by molar-refractivity contribution is -0.161. The van der Waals surface area contributed by atoms with E-state index in [1.54, 1.807) is 12.2 Å². The second-order valence-corrected chi connectivity index (χ2v) is 17.3. The second kappa shape index (κ2) is 38.0. The molecule has 0 saturated heterocycles. The van der Waals surface area contributed by atoms with E-state index in [4.69, 9.17) is 23.8 Å². The van der Waals surface area contributed by atoms with E-state index in [9.17, 15) is 33.5 Å². The van der Waals surface area contributed by atoms with Gasteiger partial charge in [-0.15, -0.1) is 0 Å². The van der Waals surface area contributed by atoms with Crippen LogP contribution >= 0.6 is 15.6 Å². The molecular weight excluding hydrogens is 790 g/mol. The Morgan fingerprint density at radius 3 is 1.59 bits per heavy atom. The first-order chi connectivity index (χ1) is 27.8. The summed E-state index contributed by atoms with van der Waals surface area (Å²) >= 11 is 0. The van der Waals surface area contributed by atoms with Crippen molar-refractivity contribution in [1.82, 2.24) is 0 Å². The van der Waals surface area contributed by atoms with Gasteiger partial charge in [0.15, 0.2) is 11.9 Å². The van der Waals surface area contributed by atoms with Gasteiger partial charge in [0.2, 0.25) is 0 Å². The molecule has 0 aromatic rings. The molecule has 4 N–H and O–H groups in total. The first kappa shape index (κ1) is 56.0. The van der Waals surface area contributed by atoms with Gasteiger partial charge in [0.25, 0.3) is 0 Å². The van der Waals surface area contributed by atoms with E-state index in [0.29, 0.717) is 19.3 Å². The minimum Gasteiger partial charge on any atom is -0.462 e. The van der Waals surface area contributed by atoms with Gasteiger partial charge in [-0.25, -0.2) is 9.13 Å². The molecule has 0 aliphatic carbocycles. The van der Waals surface area contributed by atoms with E-state index in [-0.39, 0.29) is 18.6 Å². The zero-order chi connectivity index (χ0) is 43.2. The maximum absolute atomic E-state index is 12.6. The molecule has 0 radical (unpaired) electrons. The summed E-state index contributed by atoms with van der Waals surface area (Å²) in [5, 5.41) is 9.74. The Labute approximate surface area is 348 Å². The van der Waals surface area contributed by atoms with Gasteiger partial charge in [-0.3, -0.25) is 28.0 Å². The molecule has 0 rings (SSSR count). The molecule has 58 heavy (non-hydrogen) atoms. The van der Waals surface area contributed by atoms with Gasteiger partial charge >= 0.3 is 27.6 Å². The number of phosphoric ester groups is 2. The van der Waals surface area contributed by atoms with Crippen molar-refractivity contribution in [3.63, 3.8) is 0 Å². The maximum atomic E-state index is 12.6. The van der Waals surface area contributed by atoms with Crippen molar-refractivity contribution in [1.29, 1.82) is 0 Å². The van der Waals surface area contributed by atoms with Crippen LogP contribution in [0.4, 0.5) is 0 Å². The number of phosphoric acid groups is 2. The first-order valence-corrected chi connectivity index (χ1v) is 24.7. The number of rotatable bonds is 41. The summed E-state index contributed by atoms with van der Waals surface area (Å²) in [6, 6.07) is 0. The van der Waals surface area contributed by atoms with Crippen molar-refractivity contribution in [2.24, 2.45) is 0 Å². The molecule has 0 aromatic carbocycles. The Balaban J connectivity index is 4.60. The Morgan fingerprint density at radius 1 is 0.534 bits per heavy atom. The Bertz CT molecular complexity index is 1230. The lowest BCUT2D eigenvalue weighted by atomic mass is 10.1.